The predicted octanol–water partition coefficient (Wildman–Crippen LogP) is 5.95. The molecule has 7 heteroatoms. The van der Waals surface area contributed by atoms with Gasteiger partial charge in [-0.15, -0.1) is 0 Å². The summed E-state index contributed by atoms with van der Waals surface area (Å²) >= 11 is 6.08. The van der Waals surface area contributed by atoms with Crippen molar-refractivity contribution in [1.29, 1.82) is 0 Å². The van der Waals surface area contributed by atoms with Gasteiger partial charge in [0, 0.05) is 36.7 Å². The number of hydrogen-bond acceptors (Lipinski definition) is 3. The Bertz CT molecular complexity index is 851. The first-order chi connectivity index (χ1) is 14.8. The van der Waals surface area contributed by atoms with E-state index >= 15 is 0 Å². The Hall–Kier alpha value is -1.76. The van der Waals surface area contributed by atoms with Crippen molar-refractivity contribution in [2.75, 3.05) is 32.8 Å². The molecule has 1 heterocycles. The molecule has 0 bridgehead atoms. The third-order valence-corrected chi connectivity index (χ3v) is 6.60. The first-order valence-corrected chi connectivity index (χ1v) is 11.1. The first-order valence-electron chi connectivity index (χ1n) is 10.7. The van der Waals surface area contributed by atoms with Gasteiger partial charge < -0.3 is 9.47 Å². The molecule has 0 aromatic heterocycles. The molecule has 0 amide bonds. The molecule has 2 fully saturated rings. The number of hydrogen-bond donors (Lipinski definition) is 0. The van der Waals surface area contributed by atoms with Crippen LogP contribution in [0, 0.1) is 0 Å². The van der Waals surface area contributed by atoms with Gasteiger partial charge in [-0.25, -0.2) is 0 Å². The SMILES string of the molecule is FC(F)(F)c1ccc(OCC2CN(CC3(c4ccc(Cl)cc4)CCC3)CCCO2)cc1. The lowest BCUT2D eigenvalue weighted by Gasteiger charge is -2.46. The third-order valence-electron chi connectivity index (χ3n) is 6.35. The Morgan fingerprint density at radius 1 is 1.03 bits per heavy atom. The fraction of sp³-hybridized carbons (Fsp3) is 0.500. The summed E-state index contributed by atoms with van der Waals surface area (Å²) in [4.78, 5) is 2.45. The van der Waals surface area contributed by atoms with Crippen LogP contribution in [0.2, 0.25) is 5.02 Å². The second kappa shape index (κ2) is 9.39. The molecule has 1 saturated heterocycles. The molecule has 1 aliphatic carbocycles. The Kier molecular flexibility index (Phi) is 6.80. The van der Waals surface area contributed by atoms with Crippen molar-refractivity contribution in [3.8, 4) is 5.75 Å². The van der Waals surface area contributed by atoms with Crippen LogP contribution < -0.4 is 4.74 Å². The second-order valence-electron chi connectivity index (χ2n) is 8.56. The third kappa shape index (κ3) is 5.54. The molecule has 0 spiro atoms. The molecule has 2 aromatic rings. The first kappa shape index (κ1) is 22.4. The number of alkyl halides is 3. The van der Waals surface area contributed by atoms with Crippen molar-refractivity contribution < 1.29 is 22.6 Å². The standard InChI is InChI=1S/C24H27ClF3NO2/c25-20-7-3-18(4-8-20)23(11-1-12-23)17-29-13-2-14-30-22(15-29)16-31-21-9-5-19(6-10-21)24(26,27)28/h3-10,22H,1-2,11-17H2. The van der Waals surface area contributed by atoms with Crippen LogP contribution in [-0.2, 0) is 16.3 Å². The molecule has 1 atom stereocenters. The Balaban J connectivity index is 1.36. The number of ether oxygens (including phenoxy) is 2. The molecule has 3 nitrogen and oxygen atoms in total. The molecule has 0 radical (unpaired) electrons. The van der Waals surface area contributed by atoms with Crippen molar-refractivity contribution >= 4 is 11.6 Å². The van der Waals surface area contributed by atoms with Crippen LogP contribution in [0.25, 0.3) is 0 Å². The van der Waals surface area contributed by atoms with Gasteiger partial charge in [0.25, 0.3) is 0 Å². The van der Waals surface area contributed by atoms with E-state index in [0.29, 0.717) is 19.0 Å². The topological polar surface area (TPSA) is 21.7 Å². The van der Waals surface area contributed by atoms with Gasteiger partial charge in [-0.2, -0.15) is 13.2 Å². The maximum Gasteiger partial charge on any atom is 0.416 e. The van der Waals surface area contributed by atoms with Crippen molar-refractivity contribution in [2.45, 2.75) is 43.4 Å². The number of nitrogens with zero attached hydrogens (tertiary/aromatic N) is 1. The molecule has 1 unspecified atom stereocenters. The van der Waals surface area contributed by atoms with Crippen molar-refractivity contribution in [3.63, 3.8) is 0 Å². The van der Waals surface area contributed by atoms with E-state index in [0.717, 1.165) is 43.2 Å². The lowest BCUT2D eigenvalue weighted by atomic mass is 9.64. The van der Waals surface area contributed by atoms with E-state index in [-0.39, 0.29) is 11.5 Å². The minimum atomic E-state index is -4.34. The van der Waals surface area contributed by atoms with Crippen LogP contribution in [0.3, 0.4) is 0 Å². The summed E-state index contributed by atoms with van der Waals surface area (Å²) in [6, 6.07) is 13.0. The van der Waals surface area contributed by atoms with E-state index in [9.17, 15) is 13.2 Å². The summed E-state index contributed by atoms with van der Waals surface area (Å²) < 4.78 is 49.9. The minimum absolute atomic E-state index is 0.118. The predicted molar refractivity (Wildman–Crippen MR) is 115 cm³/mol. The van der Waals surface area contributed by atoms with Crippen LogP contribution in [0.5, 0.6) is 5.75 Å². The molecular weight excluding hydrogens is 427 g/mol. The molecule has 31 heavy (non-hydrogen) atoms. The second-order valence-corrected chi connectivity index (χ2v) is 8.99. The fourth-order valence-electron chi connectivity index (χ4n) is 4.52. The van der Waals surface area contributed by atoms with Gasteiger partial charge in [0.1, 0.15) is 18.5 Å². The van der Waals surface area contributed by atoms with Crippen LogP contribution in [0.15, 0.2) is 48.5 Å². The smallest absolute Gasteiger partial charge is 0.416 e. The van der Waals surface area contributed by atoms with E-state index < -0.39 is 11.7 Å². The quantitative estimate of drug-likeness (QED) is 0.539. The van der Waals surface area contributed by atoms with Crippen molar-refractivity contribution in [1.82, 2.24) is 4.90 Å². The average molecular weight is 454 g/mol. The molecule has 4 rings (SSSR count). The van der Waals surface area contributed by atoms with Crippen molar-refractivity contribution in [3.05, 3.63) is 64.7 Å². The van der Waals surface area contributed by atoms with Crippen LogP contribution in [-0.4, -0.2) is 43.9 Å². The molecule has 2 aromatic carbocycles. The van der Waals surface area contributed by atoms with Crippen LogP contribution >= 0.6 is 11.6 Å². The normalized spacial score (nSPS) is 21.9. The Labute approximate surface area is 186 Å². The van der Waals surface area contributed by atoms with Gasteiger partial charge in [0.2, 0.25) is 0 Å². The van der Waals surface area contributed by atoms with Gasteiger partial charge in [-0.1, -0.05) is 30.2 Å². The summed E-state index contributed by atoms with van der Waals surface area (Å²) in [6.45, 7) is 3.65. The molecule has 1 aliphatic heterocycles. The summed E-state index contributed by atoms with van der Waals surface area (Å²) in [5, 5.41) is 0.752. The molecule has 0 N–H and O–H groups in total. The Morgan fingerprint density at radius 3 is 2.35 bits per heavy atom. The highest BCUT2D eigenvalue weighted by molar-refractivity contribution is 6.30. The molecular formula is C24H27ClF3NO2. The molecule has 2 aliphatic rings. The lowest BCUT2D eigenvalue weighted by Crippen LogP contribution is -2.48. The largest absolute Gasteiger partial charge is 0.491 e. The van der Waals surface area contributed by atoms with Gasteiger partial charge >= 0.3 is 6.18 Å². The summed E-state index contributed by atoms with van der Waals surface area (Å²) in [6.07, 6.45) is 0.0516. The summed E-state index contributed by atoms with van der Waals surface area (Å²) in [5.74, 6) is 0.420. The maximum atomic E-state index is 12.7. The van der Waals surface area contributed by atoms with E-state index in [1.807, 2.05) is 12.1 Å². The highest BCUT2D eigenvalue weighted by Gasteiger charge is 2.40. The van der Waals surface area contributed by atoms with Gasteiger partial charge in [-0.05, 0) is 61.2 Å². The van der Waals surface area contributed by atoms with Crippen molar-refractivity contribution in [2.24, 2.45) is 0 Å². The van der Waals surface area contributed by atoms with E-state index in [2.05, 4.69) is 17.0 Å². The zero-order valence-electron chi connectivity index (χ0n) is 17.3. The van der Waals surface area contributed by atoms with Crippen LogP contribution in [0.4, 0.5) is 13.2 Å². The Morgan fingerprint density at radius 2 is 1.74 bits per heavy atom. The number of halogens is 4. The molecule has 168 valence electrons. The number of benzene rings is 2. The van der Waals surface area contributed by atoms with E-state index in [4.69, 9.17) is 21.1 Å². The van der Waals surface area contributed by atoms with Gasteiger partial charge in [0.05, 0.1) is 5.56 Å². The fourth-order valence-corrected chi connectivity index (χ4v) is 4.64. The maximum absolute atomic E-state index is 12.7. The highest BCUT2D eigenvalue weighted by atomic mass is 35.5. The summed E-state index contributed by atoms with van der Waals surface area (Å²) in [5.41, 5.74) is 0.823. The zero-order valence-corrected chi connectivity index (χ0v) is 18.1. The average Bonchev–Trinajstić information content (AvgIpc) is 2.94. The van der Waals surface area contributed by atoms with Crippen LogP contribution in [0.1, 0.15) is 36.8 Å². The zero-order chi connectivity index (χ0) is 21.9. The molecule has 1 saturated carbocycles. The van der Waals surface area contributed by atoms with E-state index in [1.165, 1.54) is 37.0 Å². The van der Waals surface area contributed by atoms with Gasteiger partial charge in [0.15, 0.2) is 0 Å². The monoisotopic (exact) mass is 453 g/mol. The lowest BCUT2D eigenvalue weighted by molar-refractivity contribution is -0.137. The number of rotatable bonds is 6. The van der Waals surface area contributed by atoms with E-state index in [1.54, 1.807) is 0 Å². The summed E-state index contributed by atoms with van der Waals surface area (Å²) in [7, 11) is 0. The van der Waals surface area contributed by atoms with Gasteiger partial charge in [-0.3, -0.25) is 4.90 Å². The highest BCUT2D eigenvalue weighted by Crippen LogP contribution is 2.44. The minimum Gasteiger partial charge on any atom is -0.491 e.